The summed E-state index contributed by atoms with van der Waals surface area (Å²) in [5, 5.41) is 3.11. The van der Waals surface area contributed by atoms with Crippen LogP contribution in [0, 0.1) is 0 Å². The van der Waals surface area contributed by atoms with Crippen LogP contribution < -0.4 is 22.3 Å². The fourth-order valence-corrected chi connectivity index (χ4v) is 2.63. The number of aromatic nitrogens is 2. The summed E-state index contributed by atoms with van der Waals surface area (Å²) in [7, 11) is 1.31. The number of ketones is 1. The average Bonchev–Trinajstić information content (AvgIpc) is 2.71. The number of nitrogens with two attached hydrogens (primary N) is 1. The molecule has 1 aromatic heterocycles. The van der Waals surface area contributed by atoms with Gasteiger partial charge in [-0.3, -0.25) is 19.1 Å². The molecular formula is C20H18N4O5. The van der Waals surface area contributed by atoms with Gasteiger partial charge in [0.2, 0.25) is 5.78 Å². The Morgan fingerprint density at radius 1 is 1.07 bits per heavy atom. The third-order valence-corrected chi connectivity index (χ3v) is 4.18. The molecule has 1 heterocycles. The van der Waals surface area contributed by atoms with E-state index in [0.717, 1.165) is 10.3 Å². The van der Waals surface area contributed by atoms with Gasteiger partial charge in [0.15, 0.2) is 6.61 Å². The first-order valence-corrected chi connectivity index (χ1v) is 8.58. The second-order valence-electron chi connectivity index (χ2n) is 6.11. The number of ether oxygens (including phenoxy) is 1. The Labute approximate surface area is 164 Å². The minimum atomic E-state index is -0.933. The number of para-hydroxylation sites is 2. The molecule has 0 fully saturated rings. The topological polar surface area (TPSA) is 136 Å². The first-order chi connectivity index (χ1) is 13.9. The molecule has 0 aliphatic carbocycles. The maximum Gasteiger partial charge on any atom is 0.340 e. The maximum atomic E-state index is 12.5. The van der Waals surface area contributed by atoms with Crippen LogP contribution in [0.4, 0.5) is 17.2 Å². The van der Waals surface area contributed by atoms with Gasteiger partial charge < -0.3 is 15.8 Å². The highest BCUT2D eigenvalue weighted by molar-refractivity contribution is 6.03. The summed E-state index contributed by atoms with van der Waals surface area (Å²) in [5.74, 6) is -1.87. The molecule has 148 valence electrons. The number of H-pyrrole nitrogens is 1. The highest BCUT2D eigenvalue weighted by atomic mass is 16.5. The summed E-state index contributed by atoms with van der Waals surface area (Å²) in [6.45, 7) is -0.704. The number of benzene rings is 2. The zero-order valence-corrected chi connectivity index (χ0v) is 15.5. The molecule has 0 saturated carbocycles. The zero-order chi connectivity index (χ0) is 21.0. The standard InChI is InChI=1S/C20H18N4O5/c1-24-17(21)16(18(26)23-20(24)28)15(25)11-29-19(27)13-9-5-6-10-14(13)22-12-7-3-2-4-8-12/h2-10,22H,11,21H2,1H3,(H,23,26,28). The third kappa shape index (κ3) is 4.24. The Hall–Kier alpha value is -4.14. The van der Waals surface area contributed by atoms with E-state index in [2.05, 4.69) is 5.32 Å². The summed E-state index contributed by atoms with van der Waals surface area (Å²) >= 11 is 0. The van der Waals surface area contributed by atoms with E-state index in [1.165, 1.54) is 7.05 Å². The Bertz CT molecular complexity index is 1180. The molecule has 0 radical (unpaired) electrons. The van der Waals surface area contributed by atoms with Crippen molar-refractivity contribution in [2.75, 3.05) is 17.7 Å². The number of Topliss-reactive ketones (excluding diaryl/α,β-unsaturated/α-hetero) is 1. The van der Waals surface area contributed by atoms with Gasteiger partial charge in [-0.05, 0) is 24.3 Å². The second-order valence-corrected chi connectivity index (χ2v) is 6.11. The molecule has 3 rings (SSSR count). The Kier molecular flexibility index (Phi) is 5.59. The van der Waals surface area contributed by atoms with Crippen LogP contribution in [0.5, 0.6) is 0 Å². The van der Waals surface area contributed by atoms with Crippen LogP contribution in [0.3, 0.4) is 0 Å². The molecule has 0 spiro atoms. The molecule has 2 aromatic carbocycles. The molecule has 0 atom stereocenters. The third-order valence-electron chi connectivity index (χ3n) is 4.18. The van der Waals surface area contributed by atoms with Crippen molar-refractivity contribution in [1.29, 1.82) is 0 Å². The largest absolute Gasteiger partial charge is 0.454 e. The van der Waals surface area contributed by atoms with Gasteiger partial charge in [-0.2, -0.15) is 0 Å². The van der Waals surface area contributed by atoms with Crippen molar-refractivity contribution in [2.45, 2.75) is 0 Å². The molecule has 9 heteroatoms. The number of carbonyl (C=O) groups is 2. The number of carbonyl (C=O) groups excluding carboxylic acids is 2. The number of rotatable bonds is 6. The molecule has 29 heavy (non-hydrogen) atoms. The van der Waals surface area contributed by atoms with E-state index in [1.54, 1.807) is 24.3 Å². The Morgan fingerprint density at radius 2 is 1.72 bits per heavy atom. The van der Waals surface area contributed by atoms with Gasteiger partial charge in [0.1, 0.15) is 11.4 Å². The second kappa shape index (κ2) is 8.26. The number of aromatic amines is 1. The van der Waals surface area contributed by atoms with Crippen molar-refractivity contribution in [2.24, 2.45) is 7.05 Å². The summed E-state index contributed by atoms with van der Waals surface area (Å²) in [5.41, 5.74) is 5.05. The number of anilines is 3. The van der Waals surface area contributed by atoms with E-state index in [4.69, 9.17) is 10.5 Å². The molecule has 0 aliphatic rings. The molecule has 3 aromatic rings. The van der Waals surface area contributed by atoms with E-state index in [9.17, 15) is 19.2 Å². The first-order valence-electron chi connectivity index (χ1n) is 8.58. The number of nitrogen functional groups attached to an aromatic ring is 1. The van der Waals surface area contributed by atoms with Crippen molar-refractivity contribution in [3.8, 4) is 0 Å². The van der Waals surface area contributed by atoms with Crippen LogP contribution >= 0.6 is 0 Å². The number of esters is 1. The fraction of sp³-hybridized carbons (Fsp3) is 0.100. The first kappa shape index (κ1) is 19.6. The smallest absolute Gasteiger partial charge is 0.340 e. The summed E-state index contributed by atoms with van der Waals surface area (Å²) in [4.78, 5) is 50.2. The van der Waals surface area contributed by atoms with Gasteiger partial charge in [-0.15, -0.1) is 0 Å². The van der Waals surface area contributed by atoms with Crippen molar-refractivity contribution >= 4 is 28.9 Å². The Morgan fingerprint density at radius 3 is 2.45 bits per heavy atom. The van der Waals surface area contributed by atoms with Crippen molar-refractivity contribution < 1.29 is 14.3 Å². The van der Waals surface area contributed by atoms with Crippen molar-refractivity contribution in [1.82, 2.24) is 9.55 Å². The molecular weight excluding hydrogens is 376 g/mol. The van der Waals surface area contributed by atoms with E-state index in [0.29, 0.717) is 5.69 Å². The minimum absolute atomic E-state index is 0.214. The number of nitrogens with one attached hydrogen (secondary N) is 2. The average molecular weight is 394 g/mol. The molecule has 0 unspecified atom stereocenters. The van der Waals surface area contributed by atoms with Gasteiger partial charge in [-0.25, -0.2) is 9.59 Å². The highest BCUT2D eigenvalue weighted by Crippen LogP contribution is 2.21. The fourth-order valence-electron chi connectivity index (χ4n) is 2.63. The lowest BCUT2D eigenvalue weighted by molar-refractivity contribution is 0.0475. The van der Waals surface area contributed by atoms with Gasteiger partial charge in [0.25, 0.3) is 5.56 Å². The van der Waals surface area contributed by atoms with Crippen LogP contribution in [0.25, 0.3) is 0 Å². The number of hydrogen-bond donors (Lipinski definition) is 3. The van der Waals surface area contributed by atoms with Crippen LogP contribution in [0.1, 0.15) is 20.7 Å². The van der Waals surface area contributed by atoms with E-state index < -0.39 is 35.2 Å². The Balaban J connectivity index is 1.77. The predicted molar refractivity (Wildman–Crippen MR) is 107 cm³/mol. The minimum Gasteiger partial charge on any atom is -0.454 e. The van der Waals surface area contributed by atoms with Gasteiger partial charge in [0, 0.05) is 12.7 Å². The normalized spacial score (nSPS) is 10.4. The quantitative estimate of drug-likeness (QED) is 0.425. The molecule has 4 N–H and O–H groups in total. The van der Waals surface area contributed by atoms with Crippen LogP contribution in [0.2, 0.25) is 0 Å². The zero-order valence-electron chi connectivity index (χ0n) is 15.5. The maximum absolute atomic E-state index is 12.5. The van der Waals surface area contributed by atoms with Gasteiger partial charge in [-0.1, -0.05) is 30.3 Å². The van der Waals surface area contributed by atoms with E-state index >= 15 is 0 Å². The molecule has 0 saturated heterocycles. The SMILES string of the molecule is Cn1c(N)c(C(=O)COC(=O)c2ccccc2Nc2ccccc2)c(=O)[nH]c1=O. The van der Waals surface area contributed by atoms with Crippen LogP contribution in [-0.4, -0.2) is 27.9 Å². The molecule has 9 nitrogen and oxygen atoms in total. The summed E-state index contributed by atoms with van der Waals surface area (Å²) in [6, 6.07) is 15.9. The summed E-state index contributed by atoms with van der Waals surface area (Å²) in [6.07, 6.45) is 0. The van der Waals surface area contributed by atoms with Crippen LogP contribution in [0.15, 0.2) is 64.2 Å². The molecule has 0 bridgehead atoms. The lowest BCUT2D eigenvalue weighted by Crippen LogP contribution is -2.35. The monoisotopic (exact) mass is 394 g/mol. The lowest BCUT2D eigenvalue weighted by atomic mass is 10.1. The van der Waals surface area contributed by atoms with Crippen molar-refractivity contribution in [3.05, 3.63) is 86.6 Å². The number of nitrogens with zero attached hydrogens (tertiary/aromatic N) is 1. The molecule has 0 amide bonds. The van der Waals surface area contributed by atoms with Gasteiger partial charge >= 0.3 is 11.7 Å². The molecule has 0 aliphatic heterocycles. The summed E-state index contributed by atoms with van der Waals surface area (Å²) < 4.78 is 6.00. The lowest BCUT2D eigenvalue weighted by Gasteiger charge is -2.12. The van der Waals surface area contributed by atoms with E-state index in [-0.39, 0.29) is 11.4 Å². The predicted octanol–water partition coefficient (Wildman–Crippen LogP) is 1.44. The highest BCUT2D eigenvalue weighted by Gasteiger charge is 2.21. The van der Waals surface area contributed by atoms with E-state index in [1.807, 2.05) is 35.3 Å². The van der Waals surface area contributed by atoms with Crippen molar-refractivity contribution in [3.63, 3.8) is 0 Å². The number of hydrogen-bond acceptors (Lipinski definition) is 7. The van der Waals surface area contributed by atoms with Crippen LogP contribution in [-0.2, 0) is 11.8 Å². The van der Waals surface area contributed by atoms with Gasteiger partial charge in [0.05, 0.1) is 11.3 Å².